The highest BCUT2D eigenvalue weighted by atomic mass is 33.1. The quantitative estimate of drug-likeness (QED) is 0.158. The summed E-state index contributed by atoms with van der Waals surface area (Å²) in [6, 6.07) is 0. The lowest BCUT2D eigenvalue weighted by Gasteiger charge is -2.58. The molecular formula is C33H55NS2. The molecule has 0 aliphatic heterocycles. The van der Waals surface area contributed by atoms with Crippen molar-refractivity contribution in [2.45, 2.75) is 124 Å². The molecule has 204 valence electrons. The fourth-order valence-corrected chi connectivity index (χ4v) is 12.0. The molecule has 1 nitrogen and oxygen atoms in total. The second-order valence-electron chi connectivity index (χ2n) is 13.9. The van der Waals surface area contributed by atoms with E-state index in [0.29, 0.717) is 10.8 Å². The Labute approximate surface area is 232 Å². The second-order valence-corrected chi connectivity index (χ2v) is 16.6. The first kappa shape index (κ1) is 28.8. The van der Waals surface area contributed by atoms with Crippen LogP contribution in [-0.2, 0) is 0 Å². The number of fused-ring (bicyclic) bond motifs is 5. The Morgan fingerprint density at radius 1 is 1.08 bits per heavy atom. The summed E-state index contributed by atoms with van der Waals surface area (Å²) >= 11 is 0. The molecule has 0 N–H and O–H groups in total. The number of hydrogen-bond donors (Lipinski definition) is 0. The standard InChI is InChI=1S/C33H55NS2/c1-8-34-21-24(4)22-35-36-27-16-18-32(6)26(20-27)12-13-28-30-15-14-29(25(5)11-9-10-23(2)3)33(30,7)19-17-31(28)32/h8,12,21,23,25,27-31H,9-11,13-20,22H2,1-7H3/b24-21+,34-8?. The van der Waals surface area contributed by atoms with E-state index in [9.17, 15) is 0 Å². The van der Waals surface area contributed by atoms with Gasteiger partial charge in [0.05, 0.1) is 0 Å². The maximum atomic E-state index is 4.28. The highest BCUT2D eigenvalue weighted by molar-refractivity contribution is 8.77. The molecule has 0 saturated heterocycles. The third kappa shape index (κ3) is 6.03. The van der Waals surface area contributed by atoms with Gasteiger partial charge in [-0.3, -0.25) is 4.99 Å². The number of allylic oxidation sites excluding steroid dienone is 2. The lowest BCUT2D eigenvalue weighted by molar-refractivity contribution is -0.0497. The molecule has 0 aromatic carbocycles. The van der Waals surface area contributed by atoms with Crippen molar-refractivity contribution in [2.24, 2.45) is 51.3 Å². The molecule has 8 atom stereocenters. The minimum Gasteiger partial charge on any atom is -0.269 e. The summed E-state index contributed by atoms with van der Waals surface area (Å²) in [4.78, 5) is 4.28. The smallest absolute Gasteiger partial charge is 0.0263 e. The van der Waals surface area contributed by atoms with Crippen LogP contribution in [0.2, 0.25) is 0 Å². The van der Waals surface area contributed by atoms with Gasteiger partial charge in [0.15, 0.2) is 0 Å². The predicted molar refractivity (Wildman–Crippen MR) is 165 cm³/mol. The summed E-state index contributed by atoms with van der Waals surface area (Å²) in [5.74, 6) is 6.72. The van der Waals surface area contributed by atoms with Crippen LogP contribution in [0.4, 0.5) is 0 Å². The summed E-state index contributed by atoms with van der Waals surface area (Å²) in [6.45, 7) is 17.0. The SMILES string of the molecule is CC=N/C=C(\C)CSSC1CCC2(C)C(=CCC3C2CCC2(C)C(C(C)CCCC(C)C)CCC32)C1. The van der Waals surface area contributed by atoms with Gasteiger partial charge in [-0.2, -0.15) is 0 Å². The number of rotatable bonds is 10. The molecule has 8 unspecified atom stereocenters. The highest BCUT2D eigenvalue weighted by Gasteiger charge is 2.59. The monoisotopic (exact) mass is 529 g/mol. The molecule has 0 radical (unpaired) electrons. The largest absolute Gasteiger partial charge is 0.269 e. The Bertz CT molecular complexity index is 828. The summed E-state index contributed by atoms with van der Waals surface area (Å²) in [5.41, 5.74) is 4.31. The maximum Gasteiger partial charge on any atom is 0.0263 e. The van der Waals surface area contributed by atoms with Crippen LogP contribution >= 0.6 is 21.6 Å². The third-order valence-electron chi connectivity index (χ3n) is 11.2. The van der Waals surface area contributed by atoms with Crippen molar-refractivity contribution in [3.63, 3.8) is 0 Å². The van der Waals surface area contributed by atoms with Crippen LogP contribution in [0.3, 0.4) is 0 Å². The van der Waals surface area contributed by atoms with Crippen LogP contribution in [-0.4, -0.2) is 17.2 Å². The zero-order chi connectivity index (χ0) is 25.9. The van der Waals surface area contributed by atoms with Crippen molar-refractivity contribution in [3.8, 4) is 0 Å². The average molecular weight is 530 g/mol. The maximum absolute atomic E-state index is 4.28. The van der Waals surface area contributed by atoms with Crippen molar-refractivity contribution in [1.29, 1.82) is 0 Å². The normalized spacial score (nSPS) is 39.6. The minimum absolute atomic E-state index is 0.485. The van der Waals surface area contributed by atoms with Crippen molar-refractivity contribution in [3.05, 3.63) is 23.4 Å². The molecule has 4 aliphatic carbocycles. The number of hydrogen-bond acceptors (Lipinski definition) is 3. The number of aliphatic imine (C=N–C) groups is 1. The molecule has 0 amide bonds. The van der Waals surface area contributed by atoms with Crippen molar-refractivity contribution >= 4 is 27.8 Å². The van der Waals surface area contributed by atoms with Crippen LogP contribution in [0.1, 0.15) is 119 Å². The van der Waals surface area contributed by atoms with Gasteiger partial charge in [0, 0.05) is 23.4 Å². The Balaban J connectivity index is 1.37. The van der Waals surface area contributed by atoms with Gasteiger partial charge in [0.25, 0.3) is 0 Å². The van der Waals surface area contributed by atoms with Gasteiger partial charge in [0.1, 0.15) is 0 Å². The summed E-state index contributed by atoms with van der Waals surface area (Å²) in [5, 5.41) is 0.796. The molecule has 36 heavy (non-hydrogen) atoms. The molecule has 3 heteroatoms. The first-order valence-electron chi connectivity index (χ1n) is 15.3. The lowest BCUT2D eigenvalue weighted by Crippen LogP contribution is -2.50. The molecule has 4 rings (SSSR count). The minimum atomic E-state index is 0.485. The van der Waals surface area contributed by atoms with Gasteiger partial charge in [-0.1, -0.05) is 87.1 Å². The molecule has 0 heterocycles. The lowest BCUT2D eigenvalue weighted by atomic mass is 9.47. The van der Waals surface area contributed by atoms with Crippen LogP contribution in [0.5, 0.6) is 0 Å². The molecular weight excluding hydrogens is 475 g/mol. The first-order valence-corrected chi connectivity index (χ1v) is 17.7. The third-order valence-corrected chi connectivity index (χ3v) is 14.2. The van der Waals surface area contributed by atoms with E-state index in [1.165, 1.54) is 76.2 Å². The first-order chi connectivity index (χ1) is 17.2. The Morgan fingerprint density at radius 3 is 2.64 bits per heavy atom. The summed E-state index contributed by atoms with van der Waals surface area (Å²) < 4.78 is 0. The Kier molecular flexibility index (Phi) is 9.90. The average Bonchev–Trinajstić information content (AvgIpc) is 3.20. The molecule has 0 aromatic heterocycles. The van der Waals surface area contributed by atoms with Gasteiger partial charge in [-0.15, -0.1) is 0 Å². The van der Waals surface area contributed by atoms with E-state index in [2.05, 4.69) is 63.4 Å². The van der Waals surface area contributed by atoms with E-state index in [1.807, 2.05) is 35.7 Å². The molecule has 4 aliphatic rings. The predicted octanol–water partition coefficient (Wildman–Crippen LogP) is 10.8. The molecule has 3 fully saturated rings. The van der Waals surface area contributed by atoms with Gasteiger partial charge in [-0.25, -0.2) is 0 Å². The molecule has 0 spiro atoms. The zero-order valence-electron chi connectivity index (χ0n) is 24.5. The van der Waals surface area contributed by atoms with Crippen molar-refractivity contribution in [2.75, 3.05) is 5.75 Å². The Hall–Kier alpha value is -0.150. The second kappa shape index (κ2) is 12.4. The van der Waals surface area contributed by atoms with Crippen LogP contribution in [0.15, 0.2) is 28.4 Å². The number of nitrogens with zero attached hydrogens (tertiary/aromatic N) is 1. The fourth-order valence-electron chi connectivity index (χ4n) is 9.20. The summed E-state index contributed by atoms with van der Waals surface area (Å²) in [6.07, 6.45) is 22.5. The van der Waals surface area contributed by atoms with E-state index in [1.54, 1.807) is 0 Å². The van der Waals surface area contributed by atoms with E-state index < -0.39 is 0 Å². The zero-order valence-corrected chi connectivity index (χ0v) is 26.2. The van der Waals surface area contributed by atoms with E-state index in [0.717, 1.165) is 46.5 Å². The van der Waals surface area contributed by atoms with E-state index >= 15 is 0 Å². The van der Waals surface area contributed by atoms with Gasteiger partial charge < -0.3 is 0 Å². The van der Waals surface area contributed by atoms with Crippen molar-refractivity contribution in [1.82, 2.24) is 0 Å². The fraction of sp³-hybridized carbons (Fsp3) is 0.848. The van der Waals surface area contributed by atoms with Gasteiger partial charge in [0.2, 0.25) is 0 Å². The van der Waals surface area contributed by atoms with E-state index in [4.69, 9.17) is 0 Å². The van der Waals surface area contributed by atoms with Crippen LogP contribution in [0, 0.1) is 46.3 Å². The van der Waals surface area contributed by atoms with Crippen LogP contribution in [0.25, 0.3) is 0 Å². The van der Waals surface area contributed by atoms with Crippen molar-refractivity contribution < 1.29 is 0 Å². The van der Waals surface area contributed by atoms with Crippen LogP contribution < -0.4 is 0 Å². The molecule has 0 aromatic rings. The molecule has 3 saturated carbocycles. The summed E-state index contributed by atoms with van der Waals surface area (Å²) in [7, 11) is 4.20. The van der Waals surface area contributed by atoms with Gasteiger partial charge >= 0.3 is 0 Å². The van der Waals surface area contributed by atoms with E-state index in [-0.39, 0.29) is 0 Å². The molecule has 0 bridgehead atoms. The topological polar surface area (TPSA) is 12.4 Å². The van der Waals surface area contributed by atoms with Gasteiger partial charge in [-0.05, 0) is 117 Å². The highest BCUT2D eigenvalue weighted by Crippen LogP contribution is 2.67. The Morgan fingerprint density at radius 2 is 1.89 bits per heavy atom.